The number of rotatable bonds is 3. The van der Waals surface area contributed by atoms with Gasteiger partial charge in [-0.05, 0) is 62.6 Å². The van der Waals surface area contributed by atoms with E-state index in [1.54, 1.807) is 0 Å². The maximum atomic E-state index is 6.01. The molecule has 2 rings (SSSR count). The number of aryl methyl sites for hydroxylation is 1. The largest absolute Gasteiger partial charge is 0.270 e. The van der Waals surface area contributed by atoms with E-state index < -0.39 is 0 Å². The highest BCUT2D eigenvalue weighted by atomic mass is 79.9. The number of hydrogen-bond donors (Lipinski definition) is 1. The minimum absolute atomic E-state index is 0.571. The molecule has 1 heterocycles. The summed E-state index contributed by atoms with van der Waals surface area (Å²) in [5, 5.41) is 7.75. The molecule has 0 fully saturated rings. The summed E-state index contributed by atoms with van der Waals surface area (Å²) in [7, 11) is 0. The summed E-state index contributed by atoms with van der Waals surface area (Å²) in [6.45, 7) is 2.11. The highest BCUT2D eigenvalue weighted by Gasteiger charge is 2.14. The lowest BCUT2D eigenvalue weighted by Gasteiger charge is -2.11. The molecule has 96 valence electrons. The Morgan fingerprint density at radius 2 is 2.00 bits per heavy atom. The average molecular weight is 412 g/mol. The molecule has 18 heavy (non-hydrogen) atoms. The van der Waals surface area contributed by atoms with Crippen molar-refractivity contribution in [3.63, 3.8) is 0 Å². The van der Waals surface area contributed by atoms with Crippen molar-refractivity contribution < 1.29 is 0 Å². The van der Waals surface area contributed by atoms with Crippen LogP contribution in [0.2, 0.25) is 5.02 Å². The zero-order chi connectivity index (χ0) is 13.3. The third kappa shape index (κ3) is 2.71. The molecule has 2 aromatic rings. The summed E-state index contributed by atoms with van der Waals surface area (Å²) in [6.07, 6.45) is 1.86. The van der Waals surface area contributed by atoms with Crippen LogP contribution in [0.15, 0.2) is 21.1 Å². The van der Waals surface area contributed by atoms with Crippen LogP contribution >= 0.6 is 55.7 Å². The average Bonchev–Trinajstić information content (AvgIpc) is 2.61. The predicted molar refractivity (Wildman–Crippen MR) is 83.2 cm³/mol. The quantitative estimate of drug-likeness (QED) is 0.716. The van der Waals surface area contributed by atoms with Gasteiger partial charge in [-0.1, -0.05) is 18.5 Å². The SMILES string of the molecule is CCCc1n[nH]c(=S)n1-c1c(Br)cc(Cl)cc1Br. The first-order chi connectivity index (χ1) is 8.54. The number of nitrogens with zero attached hydrogens (tertiary/aromatic N) is 2. The number of halogens is 3. The summed E-state index contributed by atoms with van der Waals surface area (Å²) in [4.78, 5) is 0. The Morgan fingerprint density at radius 3 is 2.56 bits per heavy atom. The van der Waals surface area contributed by atoms with Crippen molar-refractivity contribution in [1.82, 2.24) is 14.8 Å². The molecular weight excluding hydrogens is 401 g/mol. The van der Waals surface area contributed by atoms with Gasteiger partial charge in [-0.3, -0.25) is 9.67 Å². The molecule has 0 aliphatic rings. The summed E-state index contributed by atoms with van der Waals surface area (Å²) >= 11 is 18.3. The standard InChI is InChI=1S/C11H10Br2ClN3S/c1-2-3-9-15-16-11(18)17(9)10-7(12)4-6(14)5-8(10)13/h4-5H,2-3H2,1H3,(H,16,18). The minimum atomic E-state index is 0.571. The van der Waals surface area contributed by atoms with Gasteiger partial charge < -0.3 is 0 Å². The Hall–Kier alpha value is -0.170. The van der Waals surface area contributed by atoms with E-state index in [4.69, 9.17) is 23.8 Å². The van der Waals surface area contributed by atoms with Gasteiger partial charge in [0.1, 0.15) is 5.82 Å². The zero-order valence-corrected chi connectivity index (χ0v) is 14.2. The number of aromatic amines is 1. The van der Waals surface area contributed by atoms with Gasteiger partial charge in [-0.15, -0.1) is 0 Å². The Morgan fingerprint density at radius 1 is 1.39 bits per heavy atom. The molecule has 0 aliphatic carbocycles. The van der Waals surface area contributed by atoms with Crippen molar-refractivity contribution in [3.8, 4) is 5.69 Å². The van der Waals surface area contributed by atoms with Gasteiger partial charge in [0.05, 0.1) is 5.69 Å². The molecule has 1 aromatic carbocycles. The molecule has 0 saturated carbocycles. The lowest BCUT2D eigenvalue weighted by atomic mass is 10.3. The maximum Gasteiger partial charge on any atom is 0.199 e. The highest BCUT2D eigenvalue weighted by Crippen LogP contribution is 2.33. The second-order valence-corrected chi connectivity index (χ2v) is 6.28. The molecule has 1 aromatic heterocycles. The van der Waals surface area contributed by atoms with Gasteiger partial charge in [-0.2, -0.15) is 5.10 Å². The Balaban J connectivity index is 2.69. The zero-order valence-electron chi connectivity index (χ0n) is 9.51. The fourth-order valence-electron chi connectivity index (χ4n) is 1.70. The molecule has 3 nitrogen and oxygen atoms in total. The fraction of sp³-hybridized carbons (Fsp3) is 0.273. The summed E-state index contributed by atoms with van der Waals surface area (Å²) in [5.41, 5.74) is 0.918. The van der Waals surface area contributed by atoms with E-state index >= 15 is 0 Å². The summed E-state index contributed by atoms with van der Waals surface area (Å²) < 4.78 is 4.24. The molecule has 0 aliphatic heterocycles. The van der Waals surface area contributed by atoms with Gasteiger partial charge in [0.25, 0.3) is 0 Å². The molecule has 0 bridgehead atoms. The second kappa shape index (κ2) is 5.86. The molecule has 0 unspecified atom stereocenters. The van der Waals surface area contributed by atoms with Crippen molar-refractivity contribution in [2.75, 3.05) is 0 Å². The van der Waals surface area contributed by atoms with Crippen LogP contribution in [0.4, 0.5) is 0 Å². The van der Waals surface area contributed by atoms with Crippen LogP contribution in [-0.4, -0.2) is 14.8 Å². The van der Waals surface area contributed by atoms with Crippen LogP contribution in [0.3, 0.4) is 0 Å². The van der Waals surface area contributed by atoms with Crippen molar-refractivity contribution in [2.45, 2.75) is 19.8 Å². The Labute approximate surface area is 132 Å². The summed E-state index contributed by atoms with van der Waals surface area (Å²) in [6, 6.07) is 3.68. The molecular formula is C11H10Br2ClN3S. The van der Waals surface area contributed by atoms with E-state index in [9.17, 15) is 0 Å². The van der Waals surface area contributed by atoms with E-state index in [0.29, 0.717) is 9.79 Å². The molecule has 0 saturated heterocycles. The van der Waals surface area contributed by atoms with Gasteiger partial charge >= 0.3 is 0 Å². The fourth-order valence-corrected chi connectivity index (χ4v) is 3.96. The Bertz CT molecular complexity index is 612. The summed E-state index contributed by atoms with van der Waals surface area (Å²) in [5.74, 6) is 0.909. The third-order valence-electron chi connectivity index (χ3n) is 2.42. The van der Waals surface area contributed by atoms with Crippen LogP contribution in [0.5, 0.6) is 0 Å². The number of aromatic nitrogens is 3. The van der Waals surface area contributed by atoms with Gasteiger partial charge in [0, 0.05) is 20.4 Å². The maximum absolute atomic E-state index is 6.01. The van der Waals surface area contributed by atoms with Crippen LogP contribution in [-0.2, 0) is 6.42 Å². The van der Waals surface area contributed by atoms with E-state index in [-0.39, 0.29) is 0 Å². The van der Waals surface area contributed by atoms with Gasteiger partial charge in [0.2, 0.25) is 0 Å². The minimum Gasteiger partial charge on any atom is -0.270 e. The van der Waals surface area contributed by atoms with Crippen molar-refractivity contribution in [1.29, 1.82) is 0 Å². The van der Waals surface area contributed by atoms with Crippen LogP contribution < -0.4 is 0 Å². The van der Waals surface area contributed by atoms with E-state index in [2.05, 4.69) is 49.0 Å². The lowest BCUT2D eigenvalue weighted by molar-refractivity contribution is 0.799. The highest BCUT2D eigenvalue weighted by molar-refractivity contribution is 9.11. The van der Waals surface area contributed by atoms with Crippen molar-refractivity contribution in [3.05, 3.63) is 36.7 Å². The second-order valence-electron chi connectivity index (χ2n) is 3.75. The molecule has 0 spiro atoms. The predicted octanol–water partition coefficient (Wildman–Crippen LogP) is 5.06. The normalized spacial score (nSPS) is 10.9. The first-order valence-corrected chi connectivity index (χ1v) is 7.73. The molecule has 1 N–H and O–H groups in total. The Kier molecular flexibility index (Phi) is 4.64. The van der Waals surface area contributed by atoms with E-state index in [1.807, 2.05) is 16.7 Å². The van der Waals surface area contributed by atoms with Crippen molar-refractivity contribution in [2.24, 2.45) is 0 Å². The number of benzene rings is 1. The molecule has 7 heteroatoms. The van der Waals surface area contributed by atoms with Crippen molar-refractivity contribution >= 4 is 55.7 Å². The van der Waals surface area contributed by atoms with Gasteiger partial charge in [0.15, 0.2) is 4.77 Å². The number of nitrogens with one attached hydrogen (secondary N) is 1. The molecule has 0 amide bonds. The van der Waals surface area contributed by atoms with Gasteiger partial charge in [-0.25, -0.2) is 0 Å². The van der Waals surface area contributed by atoms with Crippen LogP contribution in [0, 0.1) is 4.77 Å². The van der Waals surface area contributed by atoms with E-state index in [1.165, 1.54) is 0 Å². The monoisotopic (exact) mass is 409 g/mol. The first kappa shape index (κ1) is 14.2. The number of hydrogen-bond acceptors (Lipinski definition) is 2. The number of H-pyrrole nitrogens is 1. The van der Waals surface area contributed by atoms with E-state index in [0.717, 1.165) is 33.3 Å². The molecule has 0 radical (unpaired) electrons. The molecule has 0 atom stereocenters. The first-order valence-electron chi connectivity index (χ1n) is 5.35. The third-order valence-corrected chi connectivity index (χ3v) is 4.12. The van der Waals surface area contributed by atoms with Crippen LogP contribution in [0.25, 0.3) is 5.69 Å². The smallest absolute Gasteiger partial charge is 0.199 e. The lowest BCUT2D eigenvalue weighted by Crippen LogP contribution is -2.03. The van der Waals surface area contributed by atoms with Crippen LogP contribution in [0.1, 0.15) is 19.2 Å². The topological polar surface area (TPSA) is 33.6 Å².